The Morgan fingerprint density at radius 1 is 1.75 bits per heavy atom. The summed E-state index contributed by atoms with van der Waals surface area (Å²) in [5, 5.41) is 8.77. The number of aryl methyl sites for hydroxylation is 1. The van der Waals surface area contributed by atoms with Gasteiger partial charge in [0.15, 0.2) is 0 Å². The van der Waals surface area contributed by atoms with Crippen LogP contribution in [0.15, 0.2) is 12.5 Å². The molecule has 0 radical (unpaired) electrons. The van der Waals surface area contributed by atoms with Crippen molar-refractivity contribution in [2.45, 2.75) is 19.4 Å². The van der Waals surface area contributed by atoms with Crippen LogP contribution >= 0.6 is 0 Å². The first-order valence-corrected chi connectivity index (χ1v) is 3.99. The van der Waals surface area contributed by atoms with E-state index in [0.717, 1.165) is 18.5 Å². The number of rotatable bonds is 1. The van der Waals surface area contributed by atoms with Gasteiger partial charge in [-0.15, -0.1) is 0 Å². The highest BCUT2D eigenvalue weighted by molar-refractivity contribution is 5.70. The van der Waals surface area contributed by atoms with E-state index in [1.54, 1.807) is 12.5 Å². The molecule has 1 aromatic heterocycles. The van der Waals surface area contributed by atoms with E-state index in [4.69, 9.17) is 5.11 Å². The van der Waals surface area contributed by atoms with E-state index in [1.165, 1.54) is 0 Å². The third kappa shape index (κ3) is 1.09. The monoisotopic (exact) mass is 166 g/mol. The predicted molar refractivity (Wildman–Crippen MR) is 41.7 cm³/mol. The second-order valence-corrected chi connectivity index (χ2v) is 3.11. The molecule has 4 heteroatoms. The number of nitrogens with zero attached hydrogens (tertiary/aromatic N) is 2. The normalized spacial score (nSPS) is 21.8. The zero-order valence-electron chi connectivity index (χ0n) is 6.60. The van der Waals surface area contributed by atoms with Crippen LogP contribution in [0.3, 0.4) is 0 Å². The minimum atomic E-state index is -0.700. The average molecular weight is 166 g/mol. The van der Waals surface area contributed by atoms with Crippen LogP contribution in [0, 0.1) is 5.92 Å². The molecule has 0 amide bonds. The number of aromatic nitrogens is 2. The highest BCUT2D eigenvalue weighted by Gasteiger charge is 2.23. The van der Waals surface area contributed by atoms with E-state index in [1.807, 2.05) is 4.57 Å². The SMILES string of the molecule is O=C(O)C1CCc2cncn2C1. The lowest BCUT2D eigenvalue weighted by Crippen LogP contribution is -2.25. The molecule has 1 atom stereocenters. The molecule has 0 bridgehead atoms. The van der Waals surface area contributed by atoms with Crippen LogP contribution in [-0.4, -0.2) is 20.6 Å². The molecule has 2 rings (SSSR count). The van der Waals surface area contributed by atoms with Gasteiger partial charge in [-0.2, -0.15) is 0 Å². The molecule has 0 aromatic carbocycles. The molecule has 1 aliphatic heterocycles. The van der Waals surface area contributed by atoms with Gasteiger partial charge < -0.3 is 9.67 Å². The first-order valence-electron chi connectivity index (χ1n) is 3.99. The molecule has 1 aromatic rings. The number of aliphatic carboxylic acids is 1. The fourth-order valence-electron chi connectivity index (χ4n) is 1.57. The molecular formula is C8H10N2O2. The second-order valence-electron chi connectivity index (χ2n) is 3.11. The third-order valence-electron chi connectivity index (χ3n) is 2.31. The molecule has 2 heterocycles. The maximum Gasteiger partial charge on any atom is 0.308 e. The lowest BCUT2D eigenvalue weighted by molar-refractivity contribution is -0.142. The van der Waals surface area contributed by atoms with E-state index in [2.05, 4.69) is 4.98 Å². The van der Waals surface area contributed by atoms with Gasteiger partial charge in [-0.25, -0.2) is 4.98 Å². The largest absolute Gasteiger partial charge is 0.481 e. The van der Waals surface area contributed by atoms with Crippen LogP contribution in [0.5, 0.6) is 0 Å². The van der Waals surface area contributed by atoms with Crippen LogP contribution in [0.25, 0.3) is 0 Å². The topological polar surface area (TPSA) is 55.1 Å². The molecule has 0 aliphatic carbocycles. The van der Waals surface area contributed by atoms with Crippen LogP contribution in [0.1, 0.15) is 12.1 Å². The quantitative estimate of drug-likeness (QED) is 0.662. The van der Waals surface area contributed by atoms with Crippen molar-refractivity contribution in [1.29, 1.82) is 0 Å². The number of carboxylic acids is 1. The van der Waals surface area contributed by atoms with Gasteiger partial charge >= 0.3 is 5.97 Å². The van der Waals surface area contributed by atoms with Crippen molar-refractivity contribution in [2.24, 2.45) is 5.92 Å². The fourth-order valence-corrected chi connectivity index (χ4v) is 1.57. The van der Waals surface area contributed by atoms with Crippen molar-refractivity contribution in [3.05, 3.63) is 18.2 Å². The summed E-state index contributed by atoms with van der Waals surface area (Å²) < 4.78 is 1.92. The maximum atomic E-state index is 10.7. The zero-order chi connectivity index (χ0) is 8.55. The number of fused-ring (bicyclic) bond motifs is 1. The predicted octanol–water partition coefficient (Wildman–Crippen LogP) is 0.530. The molecule has 0 spiro atoms. The summed E-state index contributed by atoms with van der Waals surface area (Å²) in [5.74, 6) is -0.930. The van der Waals surface area contributed by atoms with Gasteiger partial charge in [0.05, 0.1) is 12.2 Å². The Morgan fingerprint density at radius 2 is 2.58 bits per heavy atom. The number of carbonyl (C=O) groups is 1. The Morgan fingerprint density at radius 3 is 3.33 bits per heavy atom. The van der Waals surface area contributed by atoms with Crippen LogP contribution in [-0.2, 0) is 17.8 Å². The number of imidazole rings is 1. The molecule has 0 fully saturated rings. The summed E-state index contributed by atoms with van der Waals surface area (Å²) in [6, 6.07) is 0. The van der Waals surface area contributed by atoms with Gasteiger partial charge in [-0.1, -0.05) is 0 Å². The molecule has 12 heavy (non-hydrogen) atoms. The smallest absolute Gasteiger partial charge is 0.308 e. The first-order chi connectivity index (χ1) is 5.77. The minimum absolute atomic E-state index is 0.230. The molecule has 1 N–H and O–H groups in total. The second kappa shape index (κ2) is 2.62. The van der Waals surface area contributed by atoms with Gasteiger partial charge in [0, 0.05) is 18.4 Å². The van der Waals surface area contributed by atoms with Crippen molar-refractivity contribution >= 4 is 5.97 Å². The standard InChI is InChI=1S/C8H10N2O2/c11-8(12)6-1-2-7-3-9-5-10(7)4-6/h3,5-6H,1-2,4H2,(H,11,12). The van der Waals surface area contributed by atoms with Crippen molar-refractivity contribution in [2.75, 3.05) is 0 Å². The molecule has 64 valence electrons. The summed E-state index contributed by atoms with van der Waals surface area (Å²) in [6.07, 6.45) is 5.07. The van der Waals surface area contributed by atoms with Crippen molar-refractivity contribution in [3.63, 3.8) is 0 Å². The Labute approximate surface area is 69.8 Å². The van der Waals surface area contributed by atoms with Crippen LogP contribution in [0.4, 0.5) is 0 Å². The van der Waals surface area contributed by atoms with Crippen molar-refractivity contribution in [3.8, 4) is 0 Å². The Hall–Kier alpha value is -1.32. The Kier molecular flexibility index (Phi) is 1.60. The molecule has 0 saturated carbocycles. The van der Waals surface area contributed by atoms with E-state index >= 15 is 0 Å². The summed E-state index contributed by atoms with van der Waals surface area (Å²) in [4.78, 5) is 14.6. The highest BCUT2D eigenvalue weighted by atomic mass is 16.4. The average Bonchev–Trinajstić information content (AvgIpc) is 2.49. The summed E-state index contributed by atoms with van der Waals surface area (Å²) in [6.45, 7) is 0.574. The molecule has 1 aliphatic rings. The molecule has 1 unspecified atom stereocenters. The van der Waals surface area contributed by atoms with E-state index in [-0.39, 0.29) is 5.92 Å². The fraction of sp³-hybridized carbons (Fsp3) is 0.500. The number of hydrogen-bond donors (Lipinski definition) is 1. The lowest BCUT2D eigenvalue weighted by atomic mass is 9.99. The van der Waals surface area contributed by atoms with E-state index in [0.29, 0.717) is 6.54 Å². The van der Waals surface area contributed by atoms with Crippen LogP contribution < -0.4 is 0 Å². The van der Waals surface area contributed by atoms with Crippen molar-refractivity contribution in [1.82, 2.24) is 9.55 Å². The van der Waals surface area contributed by atoms with Gasteiger partial charge in [-0.05, 0) is 12.8 Å². The van der Waals surface area contributed by atoms with Gasteiger partial charge in [0.25, 0.3) is 0 Å². The first kappa shape index (κ1) is 7.34. The van der Waals surface area contributed by atoms with Crippen molar-refractivity contribution < 1.29 is 9.90 Å². The zero-order valence-corrected chi connectivity index (χ0v) is 6.60. The molecular weight excluding hydrogens is 156 g/mol. The number of hydrogen-bond acceptors (Lipinski definition) is 2. The van der Waals surface area contributed by atoms with Gasteiger partial charge in [0.1, 0.15) is 0 Å². The summed E-state index contributed by atoms with van der Waals surface area (Å²) in [7, 11) is 0. The van der Waals surface area contributed by atoms with E-state index < -0.39 is 5.97 Å². The summed E-state index contributed by atoms with van der Waals surface area (Å²) in [5.41, 5.74) is 1.15. The molecule has 4 nitrogen and oxygen atoms in total. The molecule has 0 saturated heterocycles. The minimum Gasteiger partial charge on any atom is -0.481 e. The Bertz CT molecular complexity index is 306. The highest BCUT2D eigenvalue weighted by Crippen LogP contribution is 2.19. The summed E-state index contributed by atoms with van der Waals surface area (Å²) >= 11 is 0. The lowest BCUT2D eigenvalue weighted by Gasteiger charge is -2.20. The maximum absolute atomic E-state index is 10.7. The van der Waals surface area contributed by atoms with Gasteiger partial charge in [0.2, 0.25) is 0 Å². The Balaban J connectivity index is 2.20. The third-order valence-corrected chi connectivity index (χ3v) is 2.31. The van der Waals surface area contributed by atoms with E-state index in [9.17, 15) is 4.79 Å². The van der Waals surface area contributed by atoms with Gasteiger partial charge in [-0.3, -0.25) is 4.79 Å². The van der Waals surface area contributed by atoms with Crippen LogP contribution in [0.2, 0.25) is 0 Å². The number of carboxylic acid groups (broad SMARTS) is 1.